The highest BCUT2D eigenvalue weighted by Gasteiger charge is 1.95. The molecule has 0 spiro atoms. The van der Waals surface area contributed by atoms with Crippen LogP contribution in [-0.4, -0.2) is 16.8 Å². The van der Waals surface area contributed by atoms with Crippen molar-refractivity contribution in [2.75, 3.05) is 5.75 Å². The van der Waals surface area contributed by atoms with E-state index in [9.17, 15) is 0 Å². The lowest BCUT2D eigenvalue weighted by Gasteiger charge is -2.03. The lowest BCUT2D eigenvalue weighted by molar-refractivity contribution is 0.847. The molecule has 0 radical (unpaired) electrons. The van der Waals surface area contributed by atoms with Crippen LogP contribution in [0.3, 0.4) is 0 Å². The Kier molecular flexibility index (Phi) is 3.39. The zero-order valence-electron chi connectivity index (χ0n) is 6.53. The van der Waals surface area contributed by atoms with Gasteiger partial charge in [-0.2, -0.15) is 0 Å². The van der Waals surface area contributed by atoms with Crippen molar-refractivity contribution in [2.24, 2.45) is 5.73 Å². The van der Waals surface area contributed by atoms with Crippen molar-refractivity contribution < 1.29 is 0 Å². The number of nitrogens with zero attached hydrogens (tertiary/aromatic N) is 1. The molecule has 60 valence electrons. The second-order valence-electron chi connectivity index (χ2n) is 2.47. The molecular weight excluding hydrogens is 156 g/mol. The van der Waals surface area contributed by atoms with Crippen LogP contribution in [0.15, 0.2) is 29.4 Å². The quantitative estimate of drug-likeness (QED) is 0.695. The second kappa shape index (κ2) is 4.36. The first-order valence-corrected chi connectivity index (χ1v) is 4.56. The summed E-state index contributed by atoms with van der Waals surface area (Å²) in [5, 5.41) is 0. The highest BCUT2D eigenvalue weighted by Crippen LogP contribution is 2.16. The normalized spacial score (nSPS) is 12.9. The predicted octanol–water partition coefficient (Wildman–Crippen LogP) is 1.52. The average molecular weight is 168 g/mol. The molecule has 0 amide bonds. The number of pyridine rings is 1. The fraction of sp³-hybridized carbons (Fsp3) is 0.375. The second-order valence-corrected chi connectivity index (χ2v) is 3.56. The Hall–Kier alpha value is -0.540. The van der Waals surface area contributed by atoms with Gasteiger partial charge in [0, 0.05) is 29.1 Å². The van der Waals surface area contributed by atoms with Gasteiger partial charge in [0.1, 0.15) is 0 Å². The van der Waals surface area contributed by atoms with Crippen molar-refractivity contribution in [2.45, 2.75) is 17.9 Å². The number of hydrogen-bond acceptors (Lipinski definition) is 3. The Morgan fingerprint density at radius 1 is 1.55 bits per heavy atom. The van der Waals surface area contributed by atoms with E-state index in [0.717, 1.165) is 5.75 Å². The Morgan fingerprint density at radius 3 is 2.73 bits per heavy atom. The molecule has 0 aliphatic rings. The molecule has 0 bridgehead atoms. The number of thioether (sulfide) groups is 1. The number of rotatable bonds is 3. The van der Waals surface area contributed by atoms with Crippen LogP contribution in [0, 0.1) is 0 Å². The minimum absolute atomic E-state index is 0.258. The van der Waals surface area contributed by atoms with Gasteiger partial charge in [-0.3, -0.25) is 4.98 Å². The van der Waals surface area contributed by atoms with E-state index in [4.69, 9.17) is 5.73 Å². The molecule has 11 heavy (non-hydrogen) atoms. The van der Waals surface area contributed by atoms with Gasteiger partial charge in [-0.1, -0.05) is 0 Å². The maximum absolute atomic E-state index is 5.60. The van der Waals surface area contributed by atoms with Crippen molar-refractivity contribution in [3.8, 4) is 0 Å². The van der Waals surface area contributed by atoms with Gasteiger partial charge < -0.3 is 5.73 Å². The Bertz CT molecular complexity index is 199. The summed E-state index contributed by atoms with van der Waals surface area (Å²) in [6, 6.07) is 4.24. The molecule has 0 aliphatic carbocycles. The fourth-order valence-corrected chi connectivity index (χ4v) is 1.43. The summed E-state index contributed by atoms with van der Waals surface area (Å²) in [4.78, 5) is 5.16. The third-order valence-corrected chi connectivity index (χ3v) is 2.46. The first-order valence-electron chi connectivity index (χ1n) is 3.57. The van der Waals surface area contributed by atoms with Crippen LogP contribution in [-0.2, 0) is 0 Å². The minimum Gasteiger partial charge on any atom is -0.327 e. The van der Waals surface area contributed by atoms with Gasteiger partial charge in [0.25, 0.3) is 0 Å². The van der Waals surface area contributed by atoms with Gasteiger partial charge in [0.2, 0.25) is 0 Å². The smallest absolute Gasteiger partial charge is 0.0278 e. The molecule has 1 unspecified atom stereocenters. The van der Waals surface area contributed by atoms with Crippen molar-refractivity contribution in [1.82, 2.24) is 4.98 Å². The maximum atomic E-state index is 5.60. The zero-order chi connectivity index (χ0) is 8.10. The summed E-state index contributed by atoms with van der Waals surface area (Å²) in [7, 11) is 0. The van der Waals surface area contributed by atoms with Crippen molar-refractivity contribution in [1.29, 1.82) is 0 Å². The first-order chi connectivity index (χ1) is 5.29. The van der Waals surface area contributed by atoms with E-state index < -0.39 is 0 Å². The van der Waals surface area contributed by atoms with E-state index >= 15 is 0 Å². The molecule has 0 saturated carbocycles. The third kappa shape index (κ3) is 3.39. The van der Waals surface area contributed by atoms with Crippen LogP contribution in [0.5, 0.6) is 0 Å². The molecule has 1 aromatic heterocycles. The largest absolute Gasteiger partial charge is 0.327 e. The molecule has 1 rings (SSSR count). The SMILES string of the molecule is CC(N)CSc1ccncc1. The minimum atomic E-state index is 0.258. The summed E-state index contributed by atoms with van der Waals surface area (Å²) in [5.41, 5.74) is 5.60. The lowest BCUT2D eigenvalue weighted by atomic mass is 10.4. The summed E-state index contributed by atoms with van der Waals surface area (Å²) in [6.45, 7) is 2.01. The topological polar surface area (TPSA) is 38.9 Å². The van der Waals surface area contributed by atoms with E-state index in [1.165, 1.54) is 4.90 Å². The van der Waals surface area contributed by atoms with Crippen molar-refractivity contribution in [3.05, 3.63) is 24.5 Å². The van der Waals surface area contributed by atoms with Gasteiger partial charge in [-0.05, 0) is 19.1 Å². The summed E-state index contributed by atoms with van der Waals surface area (Å²) < 4.78 is 0. The van der Waals surface area contributed by atoms with Crippen LogP contribution in [0.1, 0.15) is 6.92 Å². The van der Waals surface area contributed by atoms with E-state index in [0.29, 0.717) is 0 Å². The maximum Gasteiger partial charge on any atom is 0.0278 e. The molecule has 0 fully saturated rings. The van der Waals surface area contributed by atoms with Gasteiger partial charge >= 0.3 is 0 Å². The molecule has 1 aromatic rings. The van der Waals surface area contributed by atoms with Gasteiger partial charge in [0.15, 0.2) is 0 Å². The van der Waals surface area contributed by atoms with E-state index in [2.05, 4.69) is 4.98 Å². The number of aromatic nitrogens is 1. The van der Waals surface area contributed by atoms with Crippen LogP contribution in [0.25, 0.3) is 0 Å². The average Bonchev–Trinajstić information content (AvgIpc) is 2.03. The third-order valence-electron chi connectivity index (χ3n) is 1.16. The molecule has 2 N–H and O–H groups in total. The van der Waals surface area contributed by atoms with E-state index in [1.807, 2.05) is 19.1 Å². The Labute approximate surface area is 71.2 Å². The van der Waals surface area contributed by atoms with Crippen LogP contribution in [0.2, 0.25) is 0 Å². The highest BCUT2D eigenvalue weighted by atomic mass is 32.2. The number of nitrogens with two attached hydrogens (primary N) is 1. The predicted molar refractivity (Wildman–Crippen MR) is 48.6 cm³/mol. The van der Waals surface area contributed by atoms with Gasteiger partial charge in [-0.25, -0.2) is 0 Å². The van der Waals surface area contributed by atoms with Gasteiger partial charge in [-0.15, -0.1) is 11.8 Å². The van der Waals surface area contributed by atoms with E-state index in [-0.39, 0.29) is 6.04 Å². The molecule has 0 aliphatic heterocycles. The molecule has 2 nitrogen and oxygen atoms in total. The molecule has 0 saturated heterocycles. The van der Waals surface area contributed by atoms with Crippen LogP contribution < -0.4 is 5.73 Å². The Balaban J connectivity index is 2.39. The van der Waals surface area contributed by atoms with Crippen molar-refractivity contribution >= 4 is 11.8 Å². The summed E-state index contributed by atoms with van der Waals surface area (Å²) in [5.74, 6) is 0.962. The van der Waals surface area contributed by atoms with E-state index in [1.54, 1.807) is 24.2 Å². The summed E-state index contributed by atoms with van der Waals surface area (Å²) >= 11 is 1.76. The standard InChI is InChI=1S/C8H12N2S/c1-7(9)6-11-8-2-4-10-5-3-8/h2-5,7H,6,9H2,1H3. The van der Waals surface area contributed by atoms with Crippen LogP contribution in [0.4, 0.5) is 0 Å². The highest BCUT2D eigenvalue weighted by molar-refractivity contribution is 7.99. The number of hydrogen-bond donors (Lipinski definition) is 1. The molecule has 1 heterocycles. The molecular formula is C8H12N2S. The molecule has 0 aromatic carbocycles. The van der Waals surface area contributed by atoms with Crippen molar-refractivity contribution in [3.63, 3.8) is 0 Å². The monoisotopic (exact) mass is 168 g/mol. The molecule has 1 atom stereocenters. The molecule has 3 heteroatoms. The zero-order valence-corrected chi connectivity index (χ0v) is 7.34. The lowest BCUT2D eigenvalue weighted by Crippen LogP contribution is -2.17. The van der Waals surface area contributed by atoms with Crippen LogP contribution >= 0.6 is 11.8 Å². The fourth-order valence-electron chi connectivity index (χ4n) is 0.662. The summed E-state index contributed by atoms with van der Waals surface area (Å²) in [6.07, 6.45) is 3.59. The Morgan fingerprint density at radius 2 is 2.18 bits per heavy atom. The first kappa shape index (κ1) is 8.56. The van der Waals surface area contributed by atoms with Gasteiger partial charge in [0.05, 0.1) is 0 Å².